The van der Waals surface area contributed by atoms with Crippen LogP contribution in [0.3, 0.4) is 0 Å². The lowest BCUT2D eigenvalue weighted by Crippen LogP contribution is -2.65. The summed E-state index contributed by atoms with van der Waals surface area (Å²) in [6.07, 6.45) is 13.9. The first-order valence-electron chi connectivity index (χ1n) is 10.6. The van der Waals surface area contributed by atoms with Crippen LogP contribution in [0.2, 0.25) is 0 Å². The molecule has 144 valence electrons. The van der Waals surface area contributed by atoms with Crippen LogP contribution in [0.4, 0.5) is 0 Å². The number of amides is 1. The van der Waals surface area contributed by atoms with Crippen molar-refractivity contribution in [2.24, 2.45) is 0 Å². The smallest absolute Gasteiger partial charge is 0.242 e. The maximum Gasteiger partial charge on any atom is 0.242 e. The lowest BCUT2D eigenvalue weighted by molar-refractivity contribution is -0.149. The number of nitrogens with zero attached hydrogens (tertiary/aromatic N) is 4. The highest BCUT2D eigenvalue weighted by Gasteiger charge is 2.41. The normalized spacial score (nSPS) is 34.4. The van der Waals surface area contributed by atoms with E-state index in [2.05, 4.69) is 16.0 Å². The summed E-state index contributed by atoms with van der Waals surface area (Å²) in [4.78, 5) is 19.2. The van der Waals surface area contributed by atoms with Gasteiger partial charge in [0.05, 0.1) is 18.8 Å². The number of nitriles is 1. The van der Waals surface area contributed by atoms with Gasteiger partial charge in [-0.15, -0.1) is 0 Å². The third-order valence-corrected chi connectivity index (χ3v) is 6.85. The van der Waals surface area contributed by atoms with Crippen molar-refractivity contribution in [2.45, 2.75) is 82.1 Å². The lowest BCUT2D eigenvalue weighted by Gasteiger charge is -2.48. The van der Waals surface area contributed by atoms with E-state index in [9.17, 15) is 4.79 Å². The van der Waals surface area contributed by atoms with Gasteiger partial charge in [0.25, 0.3) is 0 Å². The van der Waals surface area contributed by atoms with Gasteiger partial charge in [-0.05, 0) is 38.5 Å². The van der Waals surface area contributed by atoms with Gasteiger partial charge >= 0.3 is 0 Å². The number of piperazine rings is 2. The van der Waals surface area contributed by atoms with Crippen LogP contribution in [0.25, 0.3) is 0 Å². The van der Waals surface area contributed by atoms with Crippen molar-refractivity contribution < 1.29 is 9.53 Å². The molecule has 1 amide bonds. The number of ether oxygens (including phenoxy) is 1. The standard InChI is InChI=1S/C20H32N4O2/c21-15-22-10-11-23-12-13-24(20(25)19(23)14-22)16-6-8-18(9-7-16)26-17-4-2-1-3-5-17/h16-19H,1-14H2/t16?,18?,19-/m1/s1. The molecule has 4 aliphatic rings. The fourth-order valence-corrected chi connectivity index (χ4v) is 5.28. The second-order valence-corrected chi connectivity index (χ2v) is 8.46. The van der Waals surface area contributed by atoms with Gasteiger partial charge in [0.1, 0.15) is 6.04 Å². The molecule has 0 aromatic rings. The highest BCUT2D eigenvalue weighted by atomic mass is 16.5. The molecule has 0 spiro atoms. The summed E-state index contributed by atoms with van der Waals surface area (Å²) < 4.78 is 6.35. The molecular formula is C20H32N4O2. The number of fused-ring (bicyclic) bond motifs is 1. The zero-order valence-electron chi connectivity index (χ0n) is 15.8. The lowest BCUT2D eigenvalue weighted by atomic mass is 9.89. The van der Waals surface area contributed by atoms with E-state index >= 15 is 0 Å². The highest BCUT2D eigenvalue weighted by Crippen LogP contribution is 2.31. The van der Waals surface area contributed by atoms with Crippen LogP contribution < -0.4 is 0 Å². The van der Waals surface area contributed by atoms with Crippen molar-refractivity contribution in [1.82, 2.24) is 14.7 Å². The Bertz CT molecular complexity index is 534. The molecule has 2 aliphatic carbocycles. The molecule has 2 saturated carbocycles. The molecule has 0 N–H and O–H groups in total. The number of carbonyl (C=O) groups is 1. The minimum atomic E-state index is -0.117. The minimum absolute atomic E-state index is 0.117. The number of hydrogen-bond donors (Lipinski definition) is 0. The Morgan fingerprint density at radius 1 is 0.885 bits per heavy atom. The van der Waals surface area contributed by atoms with Crippen LogP contribution in [0.5, 0.6) is 0 Å². The average molecular weight is 361 g/mol. The predicted molar refractivity (Wildman–Crippen MR) is 98.3 cm³/mol. The van der Waals surface area contributed by atoms with Crippen molar-refractivity contribution in [3.63, 3.8) is 0 Å². The molecule has 4 fully saturated rings. The summed E-state index contributed by atoms with van der Waals surface area (Å²) in [7, 11) is 0. The number of hydrogen-bond acceptors (Lipinski definition) is 5. The predicted octanol–water partition coefficient (Wildman–Crippen LogP) is 1.96. The summed E-state index contributed by atoms with van der Waals surface area (Å²) in [5.41, 5.74) is 0. The van der Waals surface area contributed by atoms with Crippen molar-refractivity contribution in [3.05, 3.63) is 0 Å². The number of carbonyl (C=O) groups excluding carboxylic acids is 1. The number of rotatable bonds is 3. The van der Waals surface area contributed by atoms with E-state index in [4.69, 9.17) is 10.00 Å². The van der Waals surface area contributed by atoms with E-state index in [0.717, 1.165) is 51.9 Å². The van der Waals surface area contributed by atoms with Gasteiger partial charge in [-0.1, -0.05) is 19.3 Å². The minimum Gasteiger partial charge on any atom is -0.375 e. The van der Waals surface area contributed by atoms with Gasteiger partial charge in [-0.3, -0.25) is 9.69 Å². The quantitative estimate of drug-likeness (QED) is 0.720. The Morgan fingerprint density at radius 3 is 2.31 bits per heavy atom. The zero-order chi connectivity index (χ0) is 17.9. The molecule has 6 nitrogen and oxygen atoms in total. The summed E-state index contributed by atoms with van der Waals surface area (Å²) in [6.45, 7) is 3.95. The van der Waals surface area contributed by atoms with Gasteiger partial charge in [0, 0.05) is 32.2 Å². The molecule has 0 aromatic carbocycles. The van der Waals surface area contributed by atoms with Crippen molar-refractivity contribution >= 4 is 5.91 Å². The maximum absolute atomic E-state index is 13.0. The molecule has 26 heavy (non-hydrogen) atoms. The summed E-state index contributed by atoms with van der Waals surface area (Å²) in [6, 6.07) is 0.252. The van der Waals surface area contributed by atoms with Crippen LogP contribution in [-0.4, -0.2) is 77.6 Å². The van der Waals surface area contributed by atoms with Crippen molar-refractivity contribution in [2.75, 3.05) is 32.7 Å². The monoisotopic (exact) mass is 360 g/mol. The van der Waals surface area contributed by atoms with Crippen molar-refractivity contribution in [3.8, 4) is 6.19 Å². The molecule has 4 rings (SSSR count). The fourth-order valence-electron chi connectivity index (χ4n) is 5.28. The van der Waals surface area contributed by atoms with Crippen LogP contribution in [0.1, 0.15) is 57.8 Å². The van der Waals surface area contributed by atoms with Gasteiger partial charge in [0.2, 0.25) is 5.91 Å². The average Bonchev–Trinajstić information content (AvgIpc) is 2.70. The van der Waals surface area contributed by atoms with Crippen molar-refractivity contribution in [1.29, 1.82) is 5.26 Å². The largest absolute Gasteiger partial charge is 0.375 e. The second kappa shape index (κ2) is 8.14. The topological polar surface area (TPSA) is 59.8 Å². The molecular weight excluding hydrogens is 328 g/mol. The second-order valence-electron chi connectivity index (χ2n) is 8.46. The van der Waals surface area contributed by atoms with Gasteiger partial charge in [0.15, 0.2) is 6.19 Å². The van der Waals surface area contributed by atoms with E-state index in [1.165, 1.54) is 32.1 Å². The Morgan fingerprint density at radius 2 is 1.58 bits per heavy atom. The van der Waals surface area contributed by atoms with E-state index in [-0.39, 0.29) is 11.9 Å². The van der Waals surface area contributed by atoms with Crippen LogP contribution in [0, 0.1) is 11.5 Å². The van der Waals surface area contributed by atoms with Gasteiger partial charge < -0.3 is 14.5 Å². The first kappa shape index (κ1) is 18.1. The molecule has 2 aliphatic heterocycles. The Hall–Kier alpha value is -1.32. The zero-order valence-corrected chi connectivity index (χ0v) is 15.8. The molecule has 0 bridgehead atoms. The van der Waals surface area contributed by atoms with E-state index in [0.29, 0.717) is 24.8 Å². The van der Waals surface area contributed by atoms with E-state index in [1.807, 2.05) is 0 Å². The molecule has 0 radical (unpaired) electrons. The summed E-state index contributed by atoms with van der Waals surface area (Å²) >= 11 is 0. The first-order chi connectivity index (χ1) is 12.7. The first-order valence-corrected chi connectivity index (χ1v) is 10.6. The Kier molecular flexibility index (Phi) is 5.66. The summed E-state index contributed by atoms with van der Waals surface area (Å²) in [5, 5.41) is 9.16. The van der Waals surface area contributed by atoms with Crippen LogP contribution in [-0.2, 0) is 9.53 Å². The SMILES string of the molecule is N#CN1CCN2CCN(C3CCC(OC4CCCCC4)CC3)C(=O)[C@H]2C1. The van der Waals surface area contributed by atoms with Crippen LogP contribution >= 0.6 is 0 Å². The Labute approximate surface area is 157 Å². The van der Waals surface area contributed by atoms with E-state index in [1.54, 1.807) is 4.90 Å². The van der Waals surface area contributed by atoms with Gasteiger partial charge in [-0.2, -0.15) is 5.26 Å². The molecule has 0 unspecified atom stereocenters. The molecule has 0 aromatic heterocycles. The van der Waals surface area contributed by atoms with E-state index < -0.39 is 0 Å². The molecule has 2 saturated heterocycles. The Balaban J connectivity index is 1.28. The molecule has 1 atom stereocenters. The third kappa shape index (κ3) is 3.84. The fraction of sp³-hybridized carbons (Fsp3) is 0.900. The van der Waals surface area contributed by atoms with Gasteiger partial charge in [-0.25, -0.2) is 0 Å². The van der Waals surface area contributed by atoms with Crippen LogP contribution in [0.15, 0.2) is 0 Å². The highest BCUT2D eigenvalue weighted by molar-refractivity contribution is 5.83. The molecule has 6 heteroatoms. The summed E-state index contributed by atoms with van der Waals surface area (Å²) in [5.74, 6) is 0.243. The maximum atomic E-state index is 13.0. The third-order valence-electron chi connectivity index (χ3n) is 6.85. The molecule has 2 heterocycles.